The maximum atomic E-state index is 6.05. The average molecular weight is 235 g/mol. The van der Waals surface area contributed by atoms with Crippen LogP contribution in [-0.2, 0) is 4.74 Å². The van der Waals surface area contributed by atoms with Crippen molar-refractivity contribution in [3.63, 3.8) is 0 Å². The van der Waals surface area contributed by atoms with Gasteiger partial charge in [-0.3, -0.25) is 4.68 Å². The Kier molecular flexibility index (Phi) is 2.62. The van der Waals surface area contributed by atoms with Gasteiger partial charge in [0.25, 0.3) is 0 Å². The third kappa shape index (κ3) is 1.95. The zero-order chi connectivity index (χ0) is 11.9. The van der Waals surface area contributed by atoms with Gasteiger partial charge in [-0.25, -0.2) is 0 Å². The van der Waals surface area contributed by atoms with Crippen LogP contribution in [0.3, 0.4) is 0 Å². The summed E-state index contributed by atoms with van der Waals surface area (Å²) in [7, 11) is 0. The van der Waals surface area contributed by atoms with Crippen molar-refractivity contribution in [3.05, 3.63) is 11.8 Å². The first kappa shape index (κ1) is 11.1. The Balaban J connectivity index is 1.82. The Labute approximate surface area is 102 Å². The van der Waals surface area contributed by atoms with Crippen molar-refractivity contribution in [2.45, 2.75) is 57.1 Å². The molecule has 2 fully saturated rings. The highest BCUT2D eigenvalue weighted by Crippen LogP contribution is 2.43. The van der Waals surface area contributed by atoms with Gasteiger partial charge in [0.15, 0.2) is 0 Å². The van der Waals surface area contributed by atoms with E-state index in [-0.39, 0.29) is 5.60 Å². The Bertz CT molecular complexity index is 407. The lowest BCUT2D eigenvalue weighted by atomic mass is 9.89. The molecule has 1 unspecified atom stereocenters. The normalized spacial score (nSPS) is 27.7. The summed E-state index contributed by atoms with van der Waals surface area (Å²) in [6.45, 7) is 2.95. The number of aryl methyl sites for hydroxylation is 1. The number of rotatable bonds is 1. The van der Waals surface area contributed by atoms with E-state index in [4.69, 9.17) is 10.5 Å². The monoisotopic (exact) mass is 235 g/mol. The van der Waals surface area contributed by atoms with Gasteiger partial charge in [-0.2, -0.15) is 5.10 Å². The first-order chi connectivity index (χ1) is 8.19. The molecule has 17 heavy (non-hydrogen) atoms. The Morgan fingerprint density at radius 3 is 2.88 bits per heavy atom. The number of hydrogen-bond donors (Lipinski definition) is 1. The molecule has 3 rings (SSSR count). The summed E-state index contributed by atoms with van der Waals surface area (Å²) in [5.41, 5.74) is 7.09. The third-order valence-electron chi connectivity index (χ3n) is 4.27. The van der Waals surface area contributed by atoms with Crippen molar-refractivity contribution < 1.29 is 4.74 Å². The lowest BCUT2D eigenvalue weighted by Crippen LogP contribution is -2.38. The van der Waals surface area contributed by atoms with Gasteiger partial charge < -0.3 is 10.5 Å². The molecule has 2 heterocycles. The first-order valence-electron chi connectivity index (χ1n) is 6.64. The number of nitrogens with zero attached hydrogens (tertiary/aromatic N) is 2. The molecule has 4 heteroatoms. The van der Waals surface area contributed by atoms with Gasteiger partial charge in [0.2, 0.25) is 0 Å². The fourth-order valence-electron chi connectivity index (χ4n) is 3.46. The van der Waals surface area contributed by atoms with Gasteiger partial charge in [-0.05, 0) is 32.6 Å². The molecule has 1 aromatic rings. The van der Waals surface area contributed by atoms with Gasteiger partial charge in [0.05, 0.1) is 11.6 Å². The van der Waals surface area contributed by atoms with Crippen LogP contribution in [0.4, 0.5) is 5.82 Å². The summed E-state index contributed by atoms with van der Waals surface area (Å²) in [5, 5.41) is 4.43. The highest BCUT2D eigenvalue weighted by molar-refractivity contribution is 5.29. The fraction of sp³-hybridized carbons (Fsp3) is 0.769. The zero-order valence-corrected chi connectivity index (χ0v) is 10.5. The summed E-state index contributed by atoms with van der Waals surface area (Å²) in [5.74, 6) is 0.634. The smallest absolute Gasteiger partial charge is 0.145 e. The van der Waals surface area contributed by atoms with E-state index in [0.29, 0.717) is 11.9 Å². The third-order valence-corrected chi connectivity index (χ3v) is 4.27. The van der Waals surface area contributed by atoms with Crippen LogP contribution in [0.15, 0.2) is 6.07 Å². The van der Waals surface area contributed by atoms with Gasteiger partial charge in [-0.15, -0.1) is 0 Å². The predicted octanol–water partition coefficient (Wildman–Crippen LogP) is 2.44. The molecule has 1 saturated carbocycles. The Morgan fingerprint density at radius 2 is 2.24 bits per heavy atom. The molecule has 0 bridgehead atoms. The quantitative estimate of drug-likeness (QED) is 0.813. The van der Waals surface area contributed by atoms with Crippen LogP contribution in [0.1, 0.15) is 50.3 Å². The summed E-state index contributed by atoms with van der Waals surface area (Å²) >= 11 is 0. The molecule has 1 saturated heterocycles. The maximum Gasteiger partial charge on any atom is 0.145 e. The van der Waals surface area contributed by atoms with Crippen LogP contribution in [-0.4, -0.2) is 22.0 Å². The van der Waals surface area contributed by atoms with Crippen molar-refractivity contribution in [2.75, 3.05) is 12.3 Å². The molecule has 1 spiro atoms. The van der Waals surface area contributed by atoms with Crippen molar-refractivity contribution in [1.82, 2.24) is 9.78 Å². The molecule has 0 aromatic carbocycles. The maximum absolute atomic E-state index is 6.05. The summed E-state index contributed by atoms with van der Waals surface area (Å²) in [6, 6.07) is 2.43. The molecular formula is C13H21N3O. The van der Waals surface area contributed by atoms with E-state index in [2.05, 4.69) is 16.7 Å². The van der Waals surface area contributed by atoms with Crippen molar-refractivity contribution >= 4 is 5.82 Å². The van der Waals surface area contributed by atoms with Gasteiger partial charge in [-0.1, -0.05) is 12.8 Å². The van der Waals surface area contributed by atoms with Crippen molar-refractivity contribution in [1.29, 1.82) is 0 Å². The van der Waals surface area contributed by atoms with Crippen LogP contribution in [0, 0.1) is 6.92 Å². The van der Waals surface area contributed by atoms with E-state index < -0.39 is 0 Å². The lowest BCUT2D eigenvalue weighted by Gasteiger charge is -2.38. The minimum atomic E-state index is 0.149. The highest BCUT2D eigenvalue weighted by Gasteiger charge is 2.40. The molecule has 1 atom stereocenters. The van der Waals surface area contributed by atoms with Crippen LogP contribution in [0.25, 0.3) is 0 Å². The Morgan fingerprint density at radius 1 is 1.47 bits per heavy atom. The standard InChI is InChI=1S/C13H21N3O/c1-10-8-12(14)15-16(10)11-4-7-17-13(9-11)5-2-3-6-13/h8,11H,2-7,9H2,1H3,(H2,14,15). The second kappa shape index (κ2) is 4.02. The van der Waals surface area contributed by atoms with Crippen LogP contribution >= 0.6 is 0 Å². The lowest BCUT2D eigenvalue weighted by molar-refractivity contribution is -0.0911. The second-order valence-corrected chi connectivity index (χ2v) is 5.54. The molecule has 2 aliphatic rings. The fourth-order valence-corrected chi connectivity index (χ4v) is 3.46. The molecule has 4 nitrogen and oxygen atoms in total. The van der Waals surface area contributed by atoms with Gasteiger partial charge >= 0.3 is 0 Å². The number of ether oxygens (including phenoxy) is 1. The van der Waals surface area contributed by atoms with E-state index in [1.165, 1.54) is 31.4 Å². The van der Waals surface area contributed by atoms with E-state index in [0.717, 1.165) is 19.4 Å². The predicted molar refractivity (Wildman–Crippen MR) is 66.8 cm³/mol. The summed E-state index contributed by atoms with van der Waals surface area (Å²) in [4.78, 5) is 0. The molecule has 0 radical (unpaired) electrons. The summed E-state index contributed by atoms with van der Waals surface area (Å²) < 4.78 is 8.16. The molecule has 1 aliphatic carbocycles. The number of anilines is 1. The number of nitrogen functional groups attached to an aromatic ring is 1. The molecular weight excluding hydrogens is 214 g/mol. The molecule has 1 aromatic heterocycles. The zero-order valence-electron chi connectivity index (χ0n) is 10.5. The topological polar surface area (TPSA) is 53.1 Å². The molecule has 1 aliphatic heterocycles. The summed E-state index contributed by atoms with van der Waals surface area (Å²) in [6.07, 6.45) is 7.23. The number of nitrogens with two attached hydrogens (primary N) is 1. The number of hydrogen-bond acceptors (Lipinski definition) is 3. The molecule has 0 amide bonds. The van der Waals surface area contributed by atoms with E-state index >= 15 is 0 Å². The minimum Gasteiger partial charge on any atom is -0.382 e. The highest BCUT2D eigenvalue weighted by atomic mass is 16.5. The minimum absolute atomic E-state index is 0.149. The van der Waals surface area contributed by atoms with Gasteiger partial charge in [0.1, 0.15) is 5.82 Å². The van der Waals surface area contributed by atoms with Crippen LogP contribution in [0.5, 0.6) is 0 Å². The SMILES string of the molecule is Cc1cc(N)nn1C1CCOC2(CCCC2)C1. The van der Waals surface area contributed by atoms with Crippen LogP contribution < -0.4 is 5.73 Å². The van der Waals surface area contributed by atoms with Crippen molar-refractivity contribution in [2.24, 2.45) is 0 Å². The van der Waals surface area contributed by atoms with E-state index in [1.54, 1.807) is 0 Å². The van der Waals surface area contributed by atoms with Crippen LogP contribution in [0.2, 0.25) is 0 Å². The first-order valence-corrected chi connectivity index (χ1v) is 6.64. The van der Waals surface area contributed by atoms with Gasteiger partial charge in [0, 0.05) is 18.4 Å². The Hall–Kier alpha value is -1.03. The van der Waals surface area contributed by atoms with E-state index in [1.807, 2.05) is 6.07 Å². The average Bonchev–Trinajstić information content (AvgIpc) is 2.86. The second-order valence-electron chi connectivity index (χ2n) is 5.54. The number of aromatic nitrogens is 2. The largest absolute Gasteiger partial charge is 0.382 e. The van der Waals surface area contributed by atoms with Crippen molar-refractivity contribution in [3.8, 4) is 0 Å². The van der Waals surface area contributed by atoms with E-state index in [9.17, 15) is 0 Å². The molecule has 2 N–H and O–H groups in total. The molecule has 94 valence electrons.